The highest BCUT2D eigenvalue weighted by Crippen LogP contribution is 2.30. The van der Waals surface area contributed by atoms with E-state index in [1.807, 2.05) is 24.3 Å². The lowest BCUT2D eigenvalue weighted by Crippen LogP contribution is -2.25. The van der Waals surface area contributed by atoms with Crippen LogP contribution in [0, 0.1) is 0 Å². The Bertz CT molecular complexity index is 743. The molecule has 0 aliphatic carbocycles. The van der Waals surface area contributed by atoms with Crippen molar-refractivity contribution in [3.05, 3.63) is 65.2 Å². The van der Waals surface area contributed by atoms with E-state index in [0.29, 0.717) is 13.2 Å². The summed E-state index contributed by atoms with van der Waals surface area (Å²) in [4.78, 5) is 3.96. The van der Waals surface area contributed by atoms with Crippen LogP contribution in [0.2, 0.25) is 0 Å². The molecule has 1 aliphatic heterocycles. The van der Waals surface area contributed by atoms with Gasteiger partial charge in [0.2, 0.25) is 0 Å². The third-order valence-corrected chi connectivity index (χ3v) is 5.10. The minimum atomic E-state index is -0.315. The van der Waals surface area contributed by atoms with Gasteiger partial charge >= 0.3 is 0 Å². The molecule has 2 aromatic rings. The van der Waals surface area contributed by atoms with Crippen LogP contribution in [0.4, 0.5) is 5.69 Å². The molecule has 0 N–H and O–H groups in total. The van der Waals surface area contributed by atoms with Gasteiger partial charge in [0.15, 0.2) is 6.29 Å². The summed E-state index contributed by atoms with van der Waals surface area (Å²) >= 11 is 4.62. The zero-order chi connectivity index (χ0) is 18.9. The molecule has 1 saturated heterocycles. The number of hydrogen-bond acceptors (Lipinski definition) is 4. The SMILES string of the molecule is CCCCCCc1ccc(C2COC(c3ccc(N=C=S)cc3)OC2)cc1. The molecule has 1 fully saturated rings. The number of aryl methyl sites for hydroxylation is 1. The van der Waals surface area contributed by atoms with Crippen molar-refractivity contribution in [2.24, 2.45) is 4.99 Å². The lowest BCUT2D eigenvalue weighted by molar-refractivity contribution is -0.191. The first kappa shape index (κ1) is 19.9. The summed E-state index contributed by atoms with van der Waals surface area (Å²) in [6, 6.07) is 16.7. The number of nitrogens with zero attached hydrogens (tertiary/aromatic N) is 1. The molecule has 2 aromatic carbocycles. The summed E-state index contributed by atoms with van der Waals surface area (Å²) < 4.78 is 11.9. The summed E-state index contributed by atoms with van der Waals surface area (Å²) in [6.07, 6.45) is 6.07. The summed E-state index contributed by atoms with van der Waals surface area (Å²) in [6.45, 7) is 3.58. The van der Waals surface area contributed by atoms with E-state index in [-0.39, 0.29) is 12.2 Å². The number of hydrogen-bond donors (Lipinski definition) is 0. The molecular formula is C23H27NO2S. The number of rotatable bonds is 8. The molecule has 3 rings (SSSR count). The van der Waals surface area contributed by atoms with Crippen molar-refractivity contribution in [1.82, 2.24) is 0 Å². The first-order chi connectivity index (χ1) is 13.3. The highest BCUT2D eigenvalue weighted by atomic mass is 32.1. The van der Waals surface area contributed by atoms with Crippen molar-refractivity contribution >= 4 is 23.1 Å². The fourth-order valence-corrected chi connectivity index (χ4v) is 3.46. The average Bonchev–Trinajstić information content (AvgIpc) is 2.73. The number of ether oxygens (including phenoxy) is 2. The molecule has 0 radical (unpaired) electrons. The molecule has 0 atom stereocenters. The van der Waals surface area contributed by atoms with Crippen LogP contribution < -0.4 is 0 Å². The maximum absolute atomic E-state index is 5.96. The second-order valence-electron chi connectivity index (χ2n) is 7.04. The Hall–Kier alpha value is -1.84. The second-order valence-corrected chi connectivity index (χ2v) is 7.22. The molecule has 0 aromatic heterocycles. The second kappa shape index (κ2) is 10.5. The van der Waals surface area contributed by atoms with E-state index in [0.717, 1.165) is 11.3 Å². The van der Waals surface area contributed by atoms with Crippen molar-refractivity contribution in [3.63, 3.8) is 0 Å². The zero-order valence-electron chi connectivity index (χ0n) is 15.9. The largest absolute Gasteiger partial charge is 0.348 e. The van der Waals surface area contributed by atoms with Gasteiger partial charge in [0.25, 0.3) is 0 Å². The van der Waals surface area contributed by atoms with Gasteiger partial charge in [0.1, 0.15) is 0 Å². The Morgan fingerprint density at radius 3 is 2.22 bits per heavy atom. The Kier molecular flexibility index (Phi) is 7.73. The number of aliphatic imine (C=N–C) groups is 1. The molecule has 4 heteroatoms. The summed E-state index contributed by atoms with van der Waals surface area (Å²) in [5.74, 6) is 0.286. The smallest absolute Gasteiger partial charge is 0.183 e. The molecule has 1 aliphatic rings. The monoisotopic (exact) mass is 381 g/mol. The normalized spacial score (nSPS) is 19.4. The molecule has 1 heterocycles. The van der Waals surface area contributed by atoms with Gasteiger partial charge in [-0.1, -0.05) is 62.6 Å². The van der Waals surface area contributed by atoms with Crippen LogP contribution in [-0.2, 0) is 15.9 Å². The Morgan fingerprint density at radius 2 is 1.59 bits per heavy atom. The highest BCUT2D eigenvalue weighted by Gasteiger charge is 2.24. The lowest BCUT2D eigenvalue weighted by Gasteiger charge is -2.30. The number of unbranched alkanes of at least 4 members (excludes halogenated alkanes) is 3. The quantitative estimate of drug-likeness (QED) is 0.302. The van der Waals surface area contributed by atoms with Crippen LogP contribution in [0.3, 0.4) is 0 Å². The highest BCUT2D eigenvalue weighted by molar-refractivity contribution is 7.78. The van der Waals surface area contributed by atoms with Gasteiger partial charge in [-0.25, -0.2) is 0 Å². The first-order valence-corrected chi connectivity index (χ1v) is 10.2. The molecule has 3 nitrogen and oxygen atoms in total. The molecule has 0 amide bonds. The van der Waals surface area contributed by atoms with E-state index in [4.69, 9.17) is 9.47 Å². The van der Waals surface area contributed by atoms with Crippen molar-refractivity contribution in [3.8, 4) is 0 Å². The number of isothiocyanates is 1. The molecule has 142 valence electrons. The van der Waals surface area contributed by atoms with Crippen LogP contribution in [0.5, 0.6) is 0 Å². The van der Waals surface area contributed by atoms with Gasteiger partial charge in [0.05, 0.1) is 24.1 Å². The Balaban J connectivity index is 1.50. The van der Waals surface area contributed by atoms with E-state index in [1.165, 1.54) is 43.2 Å². The van der Waals surface area contributed by atoms with Gasteiger partial charge in [-0.3, -0.25) is 0 Å². The van der Waals surface area contributed by atoms with Crippen molar-refractivity contribution in [2.75, 3.05) is 13.2 Å². The first-order valence-electron chi connectivity index (χ1n) is 9.80. The fourth-order valence-electron chi connectivity index (χ4n) is 3.36. The maximum atomic E-state index is 5.96. The van der Waals surface area contributed by atoms with Gasteiger partial charge < -0.3 is 9.47 Å². The average molecular weight is 382 g/mol. The van der Waals surface area contributed by atoms with Crippen molar-refractivity contribution in [2.45, 2.75) is 51.2 Å². The minimum absolute atomic E-state index is 0.286. The van der Waals surface area contributed by atoms with E-state index in [1.54, 1.807) is 0 Å². The van der Waals surface area contributed by atoms with Crippen LogP contribution in [0.25, 0.3) is 0 Å². The molecular weight excluding hydrogens is 354 g/mol. The minimum Gasteiger partial charge on any atom is -0.348 e. The van der Waals surface area contributed by atoms with Crippen LogP contribution in [-0.4, -0.2) is 18.4 Å². The summed E-state index contributed by atoms with van der Waals surface area (Å²) in [5, 5.41) is 2.37. The predicted molar refractivity (Wildman–Crippen MR) is 113 cm³/mol. The van der Waals surface area contributed by atoms with Gasteiger partial charge in [-0.05, 0) is 48.3 Å². The molecule has 0 spiro atoms. The lowest BCUT2D eigenvalue weighted by atomic mass is 9.97. The van der Waals surface area contributed by atoms with Gasteiger partial charge in [-0.15, -0.1) is 0 Å². The zero-order valence-corrected chi connectivity index (χ0v) is 16.7. The van der Waals surface area contributed by atoms with E-state index in [2.05, 4.69) is 53.6 Å². The van der Waals surface area contributed by atoms with Crippen LogP contribution in [0.1, 0.15) is 61.5 Å². The fraction of sp³-hybridized carbons (Fsp3) is 0.435. The molecule has 27 heavy (non-hydrogen) atoms. The predicted octanol–water partition coefficient (Wildman–Crippen LogP) is 6.37. The third kappa shape index (κ3) is 5.82. The molecule has 0 saturated carbocycles. The Labute approximate surface area is 167 Å². The van der Waals surface area contributed by atoms with E-state index in [9.17, 15) is 0 Å². The molecule has 0 bridgehead atoms. The number of benzene rings is 2. The van der Waals surface area contributed by atoms with Gasteiger partial charge in [-0.2, -0.15) is 4.99 Å². The standard InChI is InChI=1S/C23H27NO2S/c1-2-3-4-5-6-18-7-9-19(10-8-18)21-15-25-23(26-16-21)20-11-13-22(14-12-20)24-17-27/h7-14,21,23H,2-6,15-16H2,1H3. The van der Waals surface area contributed by atoms with Crippen molar-refractivity contribution < 1.29 is 9.47 Å². The van der Waals surface area contributed by atoms with Crippen LogP contribution >= 0.6 is 12.2 Å². The summed E-state index contributed by atoms with van der Waals surface area (Å²) in [5.41, 5.74) is 4.50. The van der Waals surface area contributed by atoms with Crippen molar-refractivity contribution in [1.29, 1.82) is 0 Å². The number of thiocarbonyl (C=S) groups is 1. The summed E-state index contributed by atoms with van der Waals surface area (Å²) in [7, 11) is 0. The topological polar surface area (TPSA) is 30.8 Å². The molecule has 0 unspecified atom stereocenters. The Morgan fingerprint density at radius 1 is 0.926 bits per heavy atom. The van der Waals surface area contributed by atoms with Gasteiger partial charge in [0, 0.05) is 11.5 Å². The van der Waals surface area contributed by atoms with Crippen LogP contribution in [0.15, 0.2) is 53.5 Å². The maximum Gasteiger partial charge on any atom is 0.183 e. The van der Waals surface area contributed by atoms with E-state index < -0.39 is 0 Å². The van der Waals surface area contributed by atoms with E-state index >= 15 is 0 Å². The third-order valence-electron chi connectivity index (χ3n) is 5.01.